The Morgan fingerprint density at radius 3 is 2.55 bits per heavy atom. The third kappa shape index (κ3) is 3.41. The number of carbonyl (C=O) groups is 1. The SMILES string of the molecule is Cc1ccc(NN)c(C(=O)Nc2ccc(I)cc2Cl)c1. The summed E-state index contributed by atoms with van der Waals surface area (Å²) in [6, 6.07) is 10.8. The van der Waals surface area contributed by atoms with Crippen LogP contribution in [-0.4, -0.2) is 5.91 Å². The Bertz CT molecular complexity index is 661. The third-order valence-electron chi connectivity index (χ3n) is 2.75. The van der Waals surface area contributed by atoms with Gasteiger partial charge in [0.25, 0.3) is 5.91 Å². The van der Waals surface area contributed by atoms with Crippen LogP contribution < -0.4 is 16.6 Å². The van der Waals surface area contributed by atoms with Gasteiger partial charge in [0.05, 0.1) is 22.0 Å². The van der Waals surface area contributed by atoms with Crippen molar-refractivity contribution in [2.45, 2.75) is 6.92 Å². The molecule has 2 aromatic rings. The first kappa shape index (κ1) is 15.1. The highest BCUT2D eigenvalue weighted by atomic mass is 127. The second-order valence-electron chi connectivity index (χ2n) is 4.27. The molecule has 6 heteroatoms. The number of hydrogen-bond acceptors (Lipinski definition) is 3. The van der Waals surface area contributed by atoms with Crippen LogP contribution in [0.3, 0.4) is 0 Å². The highest BCUT2D eigenvalue weighted by molar-refractivity contribution is 14.1. The van der Waals surface area contributed by atoms with Gasteiger partial charge in [-0.15, -0.1) is 0 Å². The van der Waals surface area contributed by atoms with Gasteiger partial charge in [-0.1, -0.05) is 23.2 Å². The monoisotopic (exact) mass is 401 g/mol. The van der Waals surface area contributed by atoms with E-state index < -0.39 is 0 Å². The van der Waals surface area contributed by atoms with Crippen molar-refractivity contribution in [2.75, 3.05) is 10.7 Å². The molecule has 0 atom stereocenters. The number of hydrogen-bond donors (Lipinski definition) is 3. The number of nitrogens with one attached hydrogen (secondary N) is 2. The van der Waals surface area contributed by atoms with Crippen LogP contribution in [0.25, 0.3) is 0 Å². The van der Waals surface area contributed by atoms with E-state index in [1.165, 1.54) is 0 Å². The van der Waals surface area contributed by atoms with Gasteiger partial charge in [0.15, 0.2) is 0 Å². The van der Waals surface area contributed by atoms with Gasteiger partial charge in [-0.3, -0.25) is 10.6 Å². The van der Waals surface area contributed by atoms with E-state index in [9.17, 15) is 4.79 Å². The molecule has 0 heterocycles. The van der Waals surface area contributed by atoms with Crippen LogP contribution >= 0.6 is 34.2 Å². The summed E-state index contributed by atoms with van der Waals surface area (Å²) in [5, 5.41) is 3.29. The number of carbonyl (C=O) groups excluding carboxylic acids is 1. The van der Waals surface area contributed by atoms with Gasteiger partial charge in [0, 0.05) is 3.57 Å². The predicted octanol–water partition coefficient (Wildman–Crippen LogP) is 3.79. The average Bonchev–Trinajstić information content (AvgIpc) is 2.41. The zero-order chi connectivity index (χ0) is 14.7. The van der Waals surface area contributed by atoms with E-state index in [1.807, 2.05) is 19.1 Å². The molecular weight excluding hydrogens is 389 g/mol. The van der Waals surface area contributed by atoms with Crippen LogP contribution in [0.2, 0.25) is 5.02 Å². The molecule has 4 nitrogen and oxygen atoms in total. The van der Waals surface area contributed by atoms with Gasteiger partial charge in [-0.25, -0.2) is 0 Å². The lowest BCUT2D eigenvalue weighted by atomic mass is 10.1. The molecule has 0 unspecified atom stereocenters. The van der Waals surface area contributed by atoms with Crippen molar-refractivity contribution in [2.24, 2.45) is 5.84 Å². The molecule has 2 rings (SSSR count). The maximum Gasteiger partial charge on any atom is 0.257 e. The summed E-state index contributed by atoms with van der Waals surface area (Å²) in [7, 11) is 0. The van der Waals surface area contributed by atoms with E-state index in [1.54, 1.807) is 24.3 Å². The number of anilines is 2. The zero-order valence-electron chi connectivity index (χ0n) is 10.7. The van der Waals surface area contributed by atoms with Gasteiger partial charge in [0.1, 0.15) is 0 Å². The minimum atomic E-state index is -0.259. The lowest BCUT2D eigenvalue weighted by molar-refractivity contribution is 0.102. The third-order valence-corrected chi connectivity index (χ3v) is 3.74. The molecule has 4 N–H and O–H groups in total. The first-order valence-electron chi connectivity index (χ1n) is 5.85. The lowest BCUT2D eigenvalue weighted by Gasteiger charge is -2.11. The molecule has 0 aliphatic rings. The number of nitrogen functional groups attached to an aromatic ring is 1. The Morgan fingerprint density at radius 1 is 1.20 bits per heavy atom. The van der Waals surface area contributed by atoms with E-state index in [-0.39, 0.29) is 5.91 Å². The largest absolute Gasteiger partial charge is 0.323 e. The molecule has 0 saturated carbocycles. The van der Waals surface area contributed by atoms with Crippen molar-refractivity contribution in [1.82, 2.24) is 0 Å². The average molecular weight is 402 g/mol. The second-order valence-corrected chi connectivity index (χ2v) is 5.92. The molecule has 0 aromatic heterocycles. The summed E-state index contributed by atoms with van der Waals surface area (Å²) in [6.45, 7) is 1.91. The Labute approximate surface area is 135 Å². The van der Waals surface area contributed by atoms with Crippen LogP contribution in [0.1, 0.15) is 15.9 Å². The molecule has 2 aromatic carbocycles. The highest BCUT2D eigenvalue weighted by Crippen LogP contribution is 2.25. The van der Waals surface area contributed by atoms with E-state index in [2.05, 4.69) is 33.3 Å². The van der Waals surface area contributed by atoms with Crippen LogP contribution in [-0.2, 0) is 0 Å². The number of halogens is 2. The molecule has 104 valence electrons. The van der Waals surface area contributed by atoms with Gasteiger partial charge in [-0.2, -0.15) is 0 Å². The Kier molecular flexibility index (Phi) is 4.85. The van der Waals surface area contributed by atoms with E-state index in [0.29, 0.717) is 22.0 Å². The standard InChI is InChI=1S/C14H13ClIN3O/c1-8-2-4-12(19-17)10(6-8)14(20)18-13-5-3-9(16)7-11(13)15/h2-7,19H,17H2,1H3,(H,18,20). The highest BCUT2D eigenvalue weighted by Gasteiger charge is 2.13. The molecule has 0 aliphatic heterocycles. The van der Waals surface area contributed by atoms with Crippen LogP contribution in [0, 0.1) is 10.5 Å². The Balaban J connectivity index is 2.30. The van der Waals surface area contributed by atoms with E-state index in [4.69, 9.17) is 17.4 Å². The maximum absolute atomic E-state index is 12.3. The maximum atomic E-state index is 12.3. The summed E-state index contributed by atoms with van der Waals surface area (Å²) in [6.07, 6.45) is 0. The normalized spacial score (nSPS) is 10.2. The quantitative estimate of drug-likeness (QED) is 0.416. The van der Waals surface area contributed by atoms with Crippen molar-refractivity contribution >= 4 is 51.5 Å². The van der Waals surface area contributed by atoms with Gasteiger partial charge in [0.2, 0.25) is 0 Å². The van der Waals surface area contributed by atoms with Crippen molar-refractivity contribution in [3.8, 4) is 0 Å². The van der Waals surface area contributed by atoms with E-state index >= 15 is 0 Å². The molecule has 0 bridgehead atoms. The topological polar surface area (TPSA) is 67.1 Å². The Morgan fingerprint density at radius 2 is 1.90 bits per heavy atom. The number of aryl methyl sites for hydroxylation is 1. The van der Waals surface area contributed by atoms with Crippen molar-refractivity contribution in [1.29, 1.82) is 0 Å². The number of hydrazine groups is 1. The fourth-order valence-corrected chi connectivity index (χ4v) is 2.66. The molecular formula is C14H13ClIN3O. The van der Waals surface area contributed by atoms with Gasteiger partial charge in [-0.05, 0) is 59.8 Å². The number of amides is 1. The fourth-order valence-electron chi connectivity index (χ4n) is 1.75. The number of benzene rings is 2. The van der Waals surface area contributed by atoms with Crippen molar-refractivity contribution in [3.05, 3.63) is 56.1 Å². The minimum Gasteiger partial charge on any atom is -0.323 e. The summed E-state index contributed by atoms with van der Waals surface area (Å²) in [4.78, 5) is 12.3. The van der Waals surface area contributed by atoms with E-state index in [0.717, 1.165) is 9.13 Å². The molecule has 0 saturated heterocycles. The molecule has 0 fully saturated rings. The first-order chi connectivity index (χ1) is 9.51. The van der Waals surface area contributed by atoms with Crippen LogP contribution in [0.4, 0.5) is 11.4 Å². The molecule has 0 radical (unpaired) electrons. The summed E-state index contributed by atoms with van der Waals surface area (Å²) < 4.78 is 1.01. The number of nitrogens with two attached hydrogens (primary N) is 1. The Hall–Kier alpha value is -1.31. The first-order valence-corrected chi connectivity index (χ1v) is 7.30. The number of rotatable bonds is 3. The van der Waals surface area contributed by atoms with Crippen LogP contribution in [0.15, 0.2) is 36.4 Å². The molecule has 0 aliphatic carbocycles. The summed E-state index contributed by atoms with van der Waals surface area (Å²) in [5.41, 5.74) is 5.10. The lowest BCUT2D eigenvalue weighted by Crippen LogP contribution is -2.17. The smallest absolute Gasteiger partial charge is 0.257 e. The minimum absolute atomic E-state index is 0.259. The predicted molar refractivity (Wildman–Crippen MR) is 91.1 cm³/mol. The fraction of sp³-hybridized carbons (Fsp3) is 0.0714. The van der Waals surface area contributed by atoms with Crippen molar-refractivity contribution < 1.29 is 4.79 Å². The summed E-state index contributed by atoms with van der Waals surface area (Å²) >= 11 is 8.27. The molecule has 0 spiro atoms. The zero-order valence-corrected chi connectivity index (χ0v) is 13.6. The van der Waals surface area contributed by atoms with Crippen LogP contribution in [0.5, 0.6) is 0 Å². The second kappa shape index (κ2) is 6.43. The molecule has 1 amide bonds. The van der Waals surface area contributed by atoms with Crippen molar-refractivity contribution in [3.63, 3.8) is 0 Å². The molecule has 20 heavy (non-hydrogen) atoms. The summed E-state index contributed by atoms with van der Waals surface area (Å²) in [5.74, 6) is 5.17. The van der Waals surface area contributed by atoms with Gasteiger partial charge >= 0.3 is 0 Å². The van der Waals surface area contributed by atoms with Gasteiger partial charge < -0.3 is 10.7 Å².